The van der Waals surface area contributed by atoms with Crippen LogP contribution in [0.5, 0.6) is 0 Å². The summed E-state index contributed by atoms with van der Waals surface area (Å²) in [5.41, 5.74) is 5.24. The maximum atomic E-state index is 4.81. The highest BCUT2D eigenvalue weighted by molar-refractivity contribution is 5.73. The number of benzene rings is 1. The van der Waals surface area contributed by atoms with Crippen LogP contribution in [0.2, 0.25) is 0 Å². The fraction of sp³-hybridized carbons (Fsp3) is 0.500. The second kappa shape index (κ2) is 7.77. The van der Waals surface area contributed by atoms with Crippen LogP contribution in [-0.2, 0) is 6.54 Å². The zero-order valence-corrected chi connectivity index (χ0v) is 16.8. The van der Waals surface area contributed by atoms with Crippen molar-refractivity contribution in [1.82, 2.24) is 15.2 Å². The molecule has 2 aromatic rings. The fourth-order valence-electron chi connectivity index (χ4n) is 3.31. The van der Waals surface area contributed by atoms with E-state index in [9.17, 15) is 0 Å². The van der Waals surface area contributed by atoms with Gasteiger partial charge in [0.2, 0.25) is 0 Å². The molecular weight excluding hydrogens is 320 g/mol. The Hall–Kier alpha value is -1.91. The summed E-state index contributed by atoms with van der Waals surface area (Å²) in [6, 6.07) is 10.9. The number of aromatic nitrogens is 1. The predicted octanol–water partition coefficient (Wildman–Crippen LogP) is 3.70. The average Bonchev–Trinajstić information content (AvgIpc) is 2.60. The molecule has 0 unspecified atom stereocenters. The second-order valence-corrected chi connectivity index (χ2v) is 8.41. The van der Waals surface area contributed by atoms with Crippen molar-refractivity contribution in [3.05, 3.63) is 47.7 Å². The van der Waals surface area contributed by atoms with Gasteiger partial charge in [-0.2, -0.15) is 0 Å². The van der Waals surface area contributed by atoms with Crippen LogP contribution < -0.4 is 10.2 Å². The molecule has 1 N–H and O–H groups in total. The third kappa shape index (κ3) is 4.63. The summed E-state index contributed by atoms with van der Waals surface area (Å²) in [5.74, 6) is 1.09. The summed E-state index contributed by atoms with van der Waals surface area (Å²) in [6.07, 6.45) is 2.06. The van der Waals surface area contributed by atoms with E-state index >= 15 is 0 Å². The molecule has 26 heavy (non-hydrogen) atoms. The van der Waals surface area contributed by atoms with Crippen LogP contribution in [-0.4, -0.2) is 48.6 Å². The number of hydrogen-bond donors (Lipinski definition) is 1. The average molecular weight is 353 g/mol. The number of likely N-dealkylation sites (N-methyl/N-ethyl adjacent to an activating group) is 1. The van der Waals surface area contributed by atoms with Crippen molar-refractivity contribution in [2.75, 3.05) is 38.1 Å². The normalized spacial score (nSPS) is 16.1. The fourth-order valence-corrected chi connectivity index (χ4v) is 3.31. The first kappa shape index (κ1) is 18.9. The Morgan fingerprint density at radius 1 is 1.04 bits per heavy atom. The van der Waals surface area contributed by atoms with Crippen LogP contribution in [0.15, 0.2) is 36.5 Å². The van der Waals surface area contributed by atoms with Crippen LogP contribution in [0.3, 0.4) is 0 Å². The first-order valence-electron chi connectivity index (χ1n) is 9.57. The maximum absolute atomic E-state index is 4.81. The van der Waals surface area contributed by atoms with Gasteiger partial charge in [-0.3, -0.25) is 0 Å². The molecule has 0 saturated carbocycles. The number of pyridine rings is 1. The third-order valence-electron chi connectivity index (χ3n) is 5.04. The van der Waals surface area contributed by atoms with E-state index in [1.165, 1.54) is 22.3 Å². The number of hydrogen-bond acceptors (Lipinski definition) is 4. The molecule has 1 aliphatic heterocycles. The first-order chi connectivity index (χ1) is 12.3. The Kier molecular flexibility index (Phi) is 5.64. The lowest BCUT2D eigenvalue weighted by Gasteiger charge is -2.33. The van der Waals surface area contributed by atoms with E-state index in [4.69, 9.17) is 4.98 Å². The van der Waals surface area contributed by atoms with Crippen LogP contribution in [0.1, 0.15) is 31.9 Å². The standard InChI is InChI=1S/C22H32N4/c1-17-8-6-7-9-19(17)20-14-21(26-12-10-25(5)11-13-26)23-15-18(20)16-24-22(2,3)4/h6-9,14-15,24H,10-13,16H2,1-5H3. The van der Waals surface area contributed by atoms with E-state index in [1.54, 1.807) is 0 Å². The van der Waals surface area contributed by atoms with Crippen molar-refractivity contribution >= 4 is 5.82 Å². The maximum Gasteiger partial charge on any atom is 0.129 e. The Morgan fingerprint density at radius 2 is 1.73 bits per heavy atom. The smallest absolute Gasteiger partial charge is 0.129 e. The molecule has 1 saturated heterocycles. The van der Waals surface area contributed by atoms with Crippen molar-refractivity contribution in [2.24, 2.45) is 0 Å². The summed E-state index contributed by atoms with van der Waals surface area (Å²) in [5, 5.41) is 3.61. The molecule has 1 aliphatic rings. The van der Waals surface area contributed by atoms with E-state index in [-0.39, 0.29) is 5.54 Å². The molecule has 1 aromatic carbocycles. The molecule has 4 nitrogen and oxygen atoms in total. The first-order valence-corrected chi connectivity index (χ1v) is 9.57. The van der Waals surface area contributed by atoms with Gasteiger partial charge in [-0.15, -0.1) is 0 Å². The lowest BCUT2D eigenvalue weighted by atomic mass is 9.96. The van der Waals surface area contributed by atoms with Gasteiger partial charge in [0.25, 0.3) is 0 Å². The topological polar surface area (TPSA) is 31.4 Å². The van der Waals surface area contributed by atoms with Gasteiger partial charge in [0.1, 0.15) is 5.82 Å². The van der Waals surface area contributed by atoms with E-state index in [0.29, 0.717) is 0 Å². The summed E-state index contributed by atoms with van der Waals surface area (Å²) in [6.45, 7) is 13.9. The van der Waals surface area contributed by atoms with E-state index in [1.807, 2.05) is 0 Å². The van der Waals surface area contributed by atoms with E-state index in [0.717, 1.165) is 38.5 Å². The summed E-state index contributed by atoms with van der Waals surface area (Å²) < 4.78 is 0. The Bertz CT molecular complexity index is 740. The van der Waals surface area contributed by atoms with E-state index < -0.39 is 0 Å². The number of rotatable bonds is 4. The van der Waals surface area contributed by atoms with Crippen molar-refractivity contribution in [3.8, 4) is 11.1 Å². The van der Waals surface area contributed by atoms with Gasteiger partial charge >= 0.3 is 0 Å². The van der Waals surface area contributed by atoms with Crippen molar-refractivity contribution in [3.63, 3.8) is 0 Å². The number of aryl methyl sites for hydroxylation is 1. The molecule has 0 spiro atoms. The van der Waals surface area contributed by atoms with Crippen LogP contribution in [0.4, 0.5) is 5.82 Å². The van der Waals surface area contributed by atoms with Crippen LogP contribution in [0.25, 0.3) is 11.1 Å². The molecule has 0 radical (unpaired) electrons. The van der Waals surface area contributed by atoms with Gasteiger partial charge < -0.3 is 15.1 Å². The van der Waals surface area contributed by atoms with Crippen molar-refractivity contribution in [1.29, 1.82) is 0 Å². The molecule has 0 atom stereocenters. The minimum absolute atomic E-state index is 0.0825. The molecule has 1 aromatic heterocycles. The molecule has 0 bridgehead atoms. The molecule has 2 heterocycles. The van der Waals surface area contributed by atoms with E-state index in [2.05, 4.69) is 86.4 Å². The molecular formula is C22H32N4. The van der Waals surface area contributed by atoms with Gasteiger partial charge in [0.15, 0.2) is 0 Å². The molecule has 3 rings (SSSR count). The van der Waals surface area contributed by atoms with Crippen LogP contribution >= 0.6 is 0 Å². The lowest BCUT2D eigenvalue weighted by molar-refractivity contribution is 0.312. The van der Waals surface area contributed by atoms with Gasteiger partial charge in [-0.1, -0.05) is 24.3 Å². The highest BCUT2D eigenvalue weighted by Gasteiger charge is 2.18. The summed E-state index contributed by atoms with van der Waals surface area (Å²) in [4.78, 5) is 9.59. The number of anilines is 1. The third-order valence-corrected chi connectivity index (χ3v) is 5.04. The van der Waals surface area contributed by atoms with Gasteiger partial charge in [0, 0.05) is 44.5 Å². The molecule has 0 aliphatic carbocycles. The monoisotopic (exact) mass is 352 g/mol. The largest absolute Gasteiger partial charge is 0.354 e. The Labute approximate surface area is 158 Å². The van der Waals surface area contributed by atoms with Crippen molar-refractivity contribution in [2.45, 2.75) is 39.8 Å². The molecule has 4 heteroatoms. The number of nitrogens with zero attached hydrogens (tertiary/aromatic N) is 3. The lowest BCUT2D eigenvalue weighted by Crippen LogP contribution is -2.44. The molecule has 0 amide bonds. The zero-order chi connectivity index (χ0) is 18.7. The predicted molar refractivity (Wildman–Crippen MR) is 111 cm³/mol. The second-order valence-electron chi connectivity index (χ2n) is 8.41. The summed E-state index contributed by atoms with van der Waals surface area (Å²) >= 11 is 0. The number of piperazine rings is 1. The zero-order valence-electron chi connectivity index (χ0n) is 16.8. The highest BCUT2D eigenvalue weighted by atomic mass is 15.3. The molecule has 1 fully saturated rings. The Morgan fingerprint density at radius 3 is 2.38 bits per heavy atom. The highest BCUT2D eigenvalue weighted by Crippen LogP contribution is 2.30. The van der Waals surface area contributed by atoms with Crippen molar-refractivity contribution < 1.29 is 0 Å². The van der Waals surface area contributed by atoms with Gasteiger partial charge in [0.05, 0.1) is 0 Å². The van der Waals surface area contributed by atoms with Gasteiger partial charge in [-0.05, 0) is 63.1 Å². The quantitative estimate of drug-likeness (QED) is 0.909. The van der Waals surface area contributed by atoms with Gasteiger partial charge in [-0.25, -0.2) is 4.98 Å². The Balaban J connectivity index is 1.96. The van der Waals surface area contributed by atoms with Crippen LogP contribution in [0, 0.1) is 6.92 Å². The minimum Gasteiger partial charge on any atom is -0.354 e. The minimum atomic E-state index is 0.0825. The SMILES string of the molecule is Cc1ccccc1-c1cc(N2CCN(C)CC2)ncc1CNC(C)(C)C. The number of nitrogens with one attached hydrogen (secondary N) is 1. The summed E-state index contributed by atoms with van der Waals surface area (Å²) in [7, 11) is 2.19. The molecule has 140 valence electrons.